The monoisotopic (exact) mass is 245 g/mol. The van der Waals surface area contributed by atoms with E-state index in [2.05, 4.69) is 4.90 Å². The van der Waals surface area contributed by atoms with Gasteiger partial charge in [0, 0.05) is 40.3 Å². The van der Waals surface area contributed by atoms with Gasteiger partial charge in [0.05, 0.1) is 19.8 Å². The van der Waals surface area contributed by atoms with Gasteiger partial charge in [-0.25, -0.2) is 0 Å². The van der Waals surface area contributed by atoms with Crippen LogP contribution in [0.3, 0.4) is 0 Å². The highest BCUT2D eigenvalue weighted by Crippen LogP contribution is 1.98. The quantitative estimate of drug-likeness (QED) is 0.633. The molecule has 0 spiro atoms. The lowest BCUT2D eigenvalue weighted by atomic mass is 10.3. The third kappa shape index (κ3) is 4.99. The molecule has 0 aromatic rings. The Morgan fingerprint density at radius 3 is 2.76 bits per heavy atom. The molecule has 0 aromatic carbocycles. The number of nitrogens with zero attached hydrogens (tertiary/aromatic N) is 2. The number of likely N-dealkylation sites (N-methyl/N-ethyl adjacent to an activating group) is 1. The number of hydrogen-bond acceptors (Lipinski definition) is 5. The van der Waals surface area contributed by atoms with Crippen molar-refractivity contribution in [2.45, 2.75) is 6.04 Å². The van der Waals surface area contributed by atoms with Crippen LogP contribution in [0.25, 0.3) is 0 Å². The van der Waals surface area contributed by atoms with Gasteiger partial charge in [0.1, 0.15) is 6.04 Å². The molecule has 1 aliphatic rings. The van der Waals surface area contributed by atoms with E-state index in [1.807, 2.05) is 0 Å². The van der Waals surface area contributed by atoms with Gasteiger partial charge in [0.25, 0.3) is 0 Å². The van der Waals surface area contributed by atoms with E-state index in [1.54, 1.807) is 19.1 Å². The second kappa shape index (κ2) is 7.60. The second-order valence-electron chi connectivity index (χ2n) is 4.28. The number of carbonyl (C=O) groups is 1. The van der Waals surface area contributed by atoms with Gasteiger partial charge >= 0.3 is 0 Å². The number of carbonyl (C=O) groups excluding carboxylic acids is 1. The standard InChI is InChI=1S/C11H23N3O3/c1-13(11(15)10(12)9-16-2)3-4-14-5-7-17-8-6-14/h10H,3-9,12H2,1-2H3. The summed E-state index contributed by atoms with van der Waals surface area (Å²) in [7, 11) is 3.32. The van der Waals surface area contributed by atoms with Crippen LogP contribution in [0.4, 0.5) is 0 Å². The Balaban J connectivity index is 2.23. The molecular weight excluding hydrogens is 222 g/mol. The summed E-state index contributed by atoms with van der Waals surface area (Å²) in [6, 6.07) is -0.560. The van der Waals surface area contributed by atoms with Crippen LogP contribution < -0.4 is 5.73 Å². The van der Waals surface area contributed by atoms with Gasteiger partial charge in [-0.2, -0.15) is 0 Å². The zero-order chi connectivity index (χ0) is 12.7. The minimum Gasteiger partial charge on any atom is -0.383 e. The van der Waals surface area contributed by atoms with Gasteiger partial charge < -0.3 is 20.1 Å². The third-order valence-corrected chi connectivity index (χ3v) is 2.89. The number of methoxy groups -OCH3 is 1. The Morgan fingerprint density at radius 2 is 2.18 bits per heavy atom. The smallest absolute Gasteiger partial charge is 0.241 e. The number of morpholine rings is 1. The topological polar surface area (TPSA) is 68.0 Å². The summed E-state index contributed by atoms with van der Waals surface area (Å²) < 4.78 is 10.1. The summed E-state index contributed by atoms with van der Waals surface area (Å²) in [5.41, 5.74) is 5.69. The highest BCUT2D eigenvalue weighted by atomic mass is 16.5. The average molecular weight is 245 g/mol. The molecule has 2 N–H and O–H groups in total. The number of rotatable bonds is 6. The minimum atomic E-state index is -0.560. The van der Waals surface area contributed by atoms with E-state index in [9.17, 15) is 4.79 Å². The Hall–Kier alpha value is -0.690. The maximum absolute atomic E-state index is 11.8. The molecule has 0 bridgehead atoms. The molecule has 1 fully saturated rings. The van der Waals surface area contributed by atoms with Crippen LogP contribution in [-0.2, 0) is 14.3 Å². The van der Waals surface area contributed by atoms with Crippen LogP contribution in [0.1, 0.15) is 0 Å². The fraction of sp³-hybridized carbons (Fsp3) is 0.909. The Bertz CT molecular complexity index is 232. The normalized spacial score (nSPS) is 19.0. The van der Waals surface area contributed by atoms with Crippen LogP contribution in [-0.4, -0.2) is 81.9 Å². The number of nitrogens with two attached hydrogens (primary N) is 1. The molecule has 1 amide bonds. The van der Waals surface area contributed by atoms with Crippen LogP contribution >= 0.6 is 0 Å². The Labute approximate surface area is 103 Å². The molecular formula is C11H23N3O3. The summed E-state index contributed by atoms with van der Waals surface area (Å²) in [6.45, 7) is 5.25. The average Bonchev–Trinajstić information content (AvgIpc) is 2.36. The highest BCUT2D eigenvalue weighted by molar-refractivity contribution is 5.81. The highest BCUT2D eigenvalue weighted by Gasteiger charge is 2.18. The van der Waals surface area contributed by atoms with E-state index in [4.69, 9.17) is 15.2 Å². The van der Waals surface area contributed by atoms with Crippen molar-refractivity contribution in [1.82, 2.24) is 9.80 Å². The predicted molar refractivity (Wildman–Crippen MR) is 64.7 cm³/mol. The van der Waals surface area contributed by atoms with Crippen molar-refractivity contribution in [2.75, 3.05) is 60.2 Å². The van der Waals surface area contributed by atoms with Gasteiger partial charge in [0.2, 0.25) is 5.91 Å². The van der Waals surface area contributed by atoms with Crippen molar-refractivity contribution < 1.29 is 14.3 Å². The van der Waals surface area contributed by atoms with E-state index < -0.39 is 6.04 Å². The molecule has 100 valence electrons. The van der Waals surface area contributed by atoms with Gasteiger partial charge in [-0.1, -0.05) is 0 Å². The molecule has 1 aliphatic heterocycles. The van der Waals surface area contributed by atoms with Gasteiger partial charge in [-0.05, 0) is 0 Å². The zero-order valence-electron chi connectivity index (χ0n) is 10.7. The van der Waals surface area contributed by atoms with E-state index >= 15 is 0 Å². The van der Waals surface area contributed by atoms with E-state index in [-0.39, 0.29) is 12.5 Å². The first kappa shape index (κ1) is 14.4. The minimum absolute atomic E-state index is 0.0693. The SMILES string of the molecule is COCC(N)C(=O)N(C)CCN1CCOCC1. The van der Waals surface area contributed by atoms with Gasteiger partial charge in [-0.3, -0.25) is 9.69 Å². The van der Waals surface area contributed by atoms with Crippen LogP contribution in [0.5, 0.6) is 0 Å². The fourth-order valence-corrected chi connectivity index (χ4v) is 1.76. The molecule has 0 aromatic heterocycles. The van der Waals surface area contributed by atoms with Crippen LogP contribution in [0.15, 0.2) is 0 Å². The molecule has 0 saturated carbocycles. The van der Waals surface area contributed by atoms with Gasteiger partial charge in [0.15, 0.2) is 0 Å². The largest absolute Gasteiger partial charge is 0.383 e. The predicted octanol–water partition coefficient (Wildman–Crippen LogP) is -1.25. The Kier molecular flexibility index (Phi) is 6.43. The number of hydrogen-bond donors (Lipinski definition) is 1. The summed E-state index contributed by atoms with van der Waals surface area (Å²) in [4.78, 5) is 15.7. The lowest BCUT2D eigenvalue weighted by molar-refractivity contribution is -0.132. The molecule has 1 heterocycles. The summed E-state index contributed by atoms with van der Waals surface area (Å²) in [5.74, 6) is -0.0693. The van der Waals surface area contributed by atoms with Crippen LogP contribution in [0.2, 0.25) is 0 Å². The molecule has 0 aliphatic carbocycles. The maximum Gasteiger partial charge on any atom is 0.241 e. The molecule has 1 rings (SSSR count). The van der Waals surface area contributed by atoms with Crippen molar-refractivity contribution in [3.63, 3.8) is 0 Å². The van der Waals surface area contributed by atoms with Gasteiger partial charge in [-0.15, -0.1) is 0 Å². The summed E-state index contributed by atoms with van der Waals surface area (Å²) in [5, 5.41) is 0. The summed E-state index contributed by atoms with van der Waals surface area (Å²) in [6.07, 6.45) is 0. The van der Waals surface area contributed by atoms with Crippen molar-refractivity contribution in [3.8, 4) is 0 Å². The molecule has 6 nitrogen and oxygen atoms in total. The maximum atomic E-state index is 11.8. The van der Waals surface area contributed by atoms with Crippen molar-refractivity contribution >= 4 is 5.91 Å². The lowest BCUT2D eigenvalue weighted by Gasteiger charge is -2.29. The lowest BCUT2D eigenvalue weighted by Crippen LogP contribution is -2.47. The van der Waals surface area contributed by atoms with E-state index in [1.165, 1.54) is 0 Å². The third-order valence-electron chi connectivity index (χ3n) is 2.89. The first-order valence-electron chi connectivity index (χ1n) is 5.94. The van der Waals surface area contributed by atoms with Crippen molar-refractivity contribution in [1.29, 1.82) is 0 Å². The van der Waals surface area contributed by atoms with Crippen molar-refractivity contribution in [2.24, 2.45) is 5.73 Å². The van der Waals surface area contributed by atoms with E-state index in [0.717, 1.165) is 32.8 Å². The zero-order valence-corrected chi connectivity index (χ0v) is 10.7. The number of amides is 1. The molecule has 0 radical (unpaired) electrons. The number of ether oxygens (including phenoxy) is 2. The molecule has 17 heavy (non-hydrogen) atoms. The first-order valence-corrected chi connectivity index (χ1v) is 5.94. The second-order valence-corrected chi connectivity index (χ2v) is 4.28. The van der Waals surface area contributed by atoms with Crippen molar-refractivity contribution in [3.05, 3.63) is 0 Å². The Morgan fingerprint density at radius 1 is 1.53 bits per heavy atom. The summed E-state index contributed by atoms with van der Waals surface area (Å²) >= 11 is 0. The first-order chi connectivity index (χ1) is 8.15. The van der Waals surface area contributed by atoms with E-state index in [0.29, 0.717) is 6.54 Å². The molecule has 1 saturated heterocycles. The fourth-order valence-electron chi connectivity index (χ4n) is 1.76. The van der Waals surface area contributed by atoms with Crippen LogP contribution in [0, 0.1) is 0 Å². The molecule has 6 heteroatoms. The molecule has 1 atom stereocenters. The molecule has 1 unspecified atom stereocenters.